The number of piperazine rings is 1. The molecule has 15 heteroatoms. The molecule has 0 amide bonds. The van der Waals surface area contributed by atoms with E-state index in [1.165, 1.54) is 18.6 Å². The number of hydrogen-bond acceptors (Lipinski definition) is 15. The molecule has 9 atom stereocenters. The summed E-state index contributed by atoms with van der Waals surface area (Å²) in [5.41, 5.74) is -1.79. The van der Waals surface area contributed by atoms with Gasteiger partial charge >= 0.3 is 23.9 Å². The number of esters is 4. The molecule has 6 heterocycles. The zero-order valence-corrected chi connectivity index (χ0v) is 34.2. The average molecular weight is 807 g/mol. The molecule has 8 aliphatic rings. The molecule has 13 nitrogen and oxygen atoms in total. The number of nitrogens with zero attached hydrogens (tertiary/aromatic N) is 2. The third kappa shape index (κ3) is 7.50. The van der Waals surface area contributed by atoms with Crippen molar-refractivity contribution in [2.24, 2.45) is 11.3 Å². The fourth-order valence-corrected chi connectivity index (χ4v) is 13.5. The van der Waals surface area contributed by atoms with E-state index >= 15 is 0 Å². The Kier molecular flexibility index (Phi) is 11.7. The highest BCUT2D eigenvalue weighted by atomic mass is 33.1. The molecule has 9 unspecified atom stereocenters. The Balaban J connectivity index is 0.743. The lowest BCUT2D eigenvalue weighted by Crippen LogP contribution is -2.67. The van der Waals surface area contributed by atoms with Gasteiger partial charge in [-0.2, -0.15) is 0 Å². The van der Waals surface area contributed by atoms with E-state index in [4.69, 9.17) is 33.2 Å². The number of unbranched alkanes of at least 4 members (excludes halogenated alkanes) is 1. The summed E-state index contributed by atoms with van der Waals surface area (Å²) in [5.74, 6) is 0.0475. The van der Waals surface area contributed by atoms with Crippen LogP contribution in [0.2, 0.25) is 0 Å². The number of epoxide rings is 3. The fourth-order valence-electron chi connectivity index (χ4n) is 10.4. The molecular formula is C40H58N2O11S2. The van der Waals surface area contributed by atoms with Gasteiger partial charge in [-0.25, -0.2) is 4.79 Å². The first-order chi connectivity index (χ1) is 26.5. The summed E-state index contributed by atoms with van der Waals surface area (Å²) < 4.78 is 42.2. The molecule has 7 fully saturated rings. The first kappa shape index (κ1) is 39.9. The summed E-state index contributed by atoms with van der Waals surface area (Å²) in [6, 6.07) is 0. The van der Waals surface area contributed by atoms with E-state index in [0.717, 1.165) is 70.1 Å². The number of carbonyl (C=O) groups is 4. The molecule has 2 spiro atoms. The molecule has 0 aromatic rings. The highest BCUT2D eigenvalue weighted by Crippen LogP contribution is 2.81. The molecule has 8 rings (SSSR count). The summed E-state index contributed by atoms with van der Waals surface area (Å²) in [6.45, 7) is 12.1. The zero-order chi connectivity index (χ0) is 38.4. The van der Waals surface area contributed by atoms with Crippen molar-refractivity contribution in [1.82, 2.24) is 9.80 Å². The second kappa shape index (κ2) is 16.1. The summed E-state index contributed by atoms with van der Waals surface area (Å²) in [5, 5.41) is 0.753. The monoisotopic (exact) mass is 806 g/mol. The maximum Gasteiger partial charge on any atom is 0.334 e. The standard InChI is InChI=1S/C40H58N2O11S2/c1-26(2)38-33(52-38)34-40(53-34)37(3,14-10-27-12-22-49-35(27)46)15-11-29-39(40,51-29)36(38)50-32(45)9-8-31(44)48-24-21-42-18-16-41(17-19-42)20-23-47-30(43)7-5-4-6-28-13-25-54-55-28/h12,26,28-29,33-34,36H,4-11,13-25H2,1-3H3. The maximum absolute atomic E-state index is 13.5. The van der Waals surface area contributed by atoms with Crippen molar-refractivity contribution in [3.05, 3.63) is 11.6 Å². The van der Waals surface area contributed by atoms with Gasteiger partial charge in [0.1, 0.15) is 43.2 Å². The van der Waals surface area contributed by atoms with Gasteiger partial charge in [-0.05, 0) is 56.9 Å². The third-order valence-corrected chi connectivity index (χ3v) is 16.8. The minimum absolute atomic E-state index is 0.0528. The lowest BCUT2D eigenvalue weighted by Gasteiger charge is -2.48. The highest BCUT2D eigenvalue weighted by molar-refractivity contribution is 8.77. The third-order valence-electron chi connectivity index (χ3n) is 13.8. The van der Waals surface area contributed by atoms with Crippen molar-refractivity contribution < 1.29 is 52.3 Å². The van der Waals surface area contributed by atoms with Crippen LogP contribution in [-0.2, 0) is 52.3 Å². The van der Waals surface area contributed by atoms with Crippen molar-refractivity contribution in [3.63, 3.8) is 0 Å². The Hall–Kier alpha value is -1.88. The smallest absolute Gasteiger partial charge is 0.334 e. The zero-order valence-electron chi connectivity index (χ0n) is 32.6. The first-order valence-electron chi connectivity index (χ1n) is 20.7. The van der Waals surface area contributed by atoms with E-state index in [9.17, 15) is 19.2 Å². The van der Waals surface area contributed by atoms with Crippen LogP contribution in [0.25, 0.3) is 0 Å². The molecule has 0 bridgehead atoms. The van der Waals surface area contributed by atoms with Gasteiger partial charge in [-0.15, -0.1) is 0 Å². The molecular weight excluding hydrogens is 749 g/mol. The Bertz CT molecular complexity index is 1520. The van der Waals surface area contributed by atoms with Crippen LogP contribution in [0.15, 0.2) is 11.6 Å². The van der Waals surface area contributed by atoms with Gasteiger partial charge in [0.25, 0.3) is 0 Å². The quantitative estimate of drug-likeness (QED) is 0.0602. The van der Waals surface area contributed by atoms with E-state index in [0.29, 0.717) is 38.2 Å². The molecule has 0 aromatic carbocycles. The maximum atomic E-state index is 13.5. The number of fused-ring (bicyclic) bond motifs is 2. The van der Waals surface area contributed by atoms with Gasteiger partial charge in [0, 0.05) is 67.7 Å². The van der Waals surface area contributed by atoms with Crippen LogP contribution in [-0.4, -0.2) is 145 Å². The van der Waals surface area contributed by atoms with E-state index in [2.05, 4.69) is 30.6 Å². The van der Waals surface area contributed by atoms with Gasteiger partial charge in [-0.1, -0.05) is 48.8 Å². The Morgan fingerprint density at radius 3 is 2.27 bits per heavy atom. The molecule has 5 saturated heterocycles. The van der Waals surface area contributed by atoms with Crippen LogP contribution in [0.1, 0.15) is 91.4 Å². The van der Waals surface area contributed by atoms with E-state index in [1.54, 1.807) is 0 Å². The number of rotatable bonds is 19. The van der Waals surface area contributed by atoms with Crippen molar-refractivity contribution in [3.8, 4) is 0 Å². The second-order valence-electron chi connectivity index (χ2n) is 17.2. The molecule has 306 valence electrons. The SMILES string of the molecule is CC(C)C12OC1C1OC13C(C)(CCC1=CCOC1=O)CCC1OC13C2OC(=O)CCC(=O)OCCN1CCN(CCOC(=O)CCCCC2CCSS2)CC1. The lowest BCUT2D eigenvalue weighted by atomic mass is 9.52. The highest BCUT2D eigenvalue weighted by Gasteiger charge is 3.00. The van der Waals surface area contributed by atoms with Crippen LogP contribution in [0, 0.1) is 11.3 Å². The minimum atomic E-state index is -0.816. The van der Waals surface area contributed by atoms with Crippen LogP contribution in [0.4, 0.5) is 0 Å². The summed E-state index contributed by atoms with van der Waals surface area (Å²) >= 11 is 0. The van der Waals surface area contributed by atoms with E-state index < -0.39 is 34.8 Å². The van der Waals surface area contributed by atoms with Crippen molar-refractivity contribution in [2.45, 2.75) is 138 Å². The predicted octanol–water partition coefficient (Wildman–Crippen LogP) is 4.24. The normalized spacial score (nSPS) is 38.6. The largest absolute Gasteiger partial charge is 0.464 e. The minimum Gasteiger partial charge on any atom is -0.464 e. The van der Waals surface area contributed by atoms with E-state index in [1.807, 2.05) is 27.7 Å². The van der Waals surface area contributed by atoms with Gasteiger partial charge in [-0.3, -0.25) is 24.2 Å². The van der Waals surface area contributed by atoms with Gasteiger partial charge in [0.15, 0.2) is 11.7 Å². The van der Waals surface area contributed by atoms with Gasteiger partial charge in [0.2, 0.25) is 0 Å². The van der Waals surface area contributed by atoms with E-state index in [-0.39, 0.29) is 61.0 Å². The summed E-state index contributed by atoms with van der Waals surface area (Å²) in [7, 11) is 3.95. The van der Waals surface area contributed by atoms with Gasteiger partial charge in [0.05, 0.1) is 18.9 Å². The van der Waals surface area contributed by atoms with Crippen LogP contribution >= 0.6 is 21.6 Å². The van der Waals surface area contributed by atoms with Gasteiger partial charge < -0.3 is 33.2 Å². The number of carbonyl (C=O) groups excluding carboxylic acids is 4. The number of ether oxygens (including phenoxy) is 7. The van der Waals surface area contributed by atoms with Crippen molar-refractivity contribution in [2.75, 3.05) is 64.8 Å². The Morgan fingerprint density at radius 2 is 1.62 bits per heavy atom. The van der Waals surface area contributed by atoms with Crippen molar-refractivity contribution in [1.29, 1.82) is 0 Å². The Labute approximate surface area is 332 Å². The Morgan fingerprint density at radius 1 is 0.909 bits per heavy atom. The topological polar surface area (TPSA) is 149 Å². The molecule has 0 aromatic heterocycles. The van der Waals surface area contributed by atoms with Crippen LogP contribution < -0.4 is 0 Å². The first-order valence-corrected chi connectivity index (χ1v) is 23.0. The van der Waals surface area contributed by atoms with Crippen LogP contribution in [0.5, 0.6) is 0 Å². The predicted molar refractivity (Wildman–Crippen MR) is 204 cm³/mol. The molecule has 0 radical (unpaired) electrons. The summed E-state index contributed by atoms with van der Waals surface area (Å²) in [6.07, 6.45) is 8.53. The fraction of sp³-hybridized carbons (Fsp3) is 0.850. The molecule has 2 saturated carbocycles. The molecule has 2 aliphatic carbocycles. The molecule has 0 N–H and O–H groups in total. The molecule has 55 heavy (non-hydrogen) atoms. The van der Waals surface area contributed by atoms with Crippen LogP contribution in [0.3, 0.4) is 0 Å². The number of hydrogen-bond donors (Lipinski definition) is 0. The number of cyclic esters (lactones) is 1. The molecule has 6 aliphatic heterocycles. The summed E-state index contributed by atoms with van der Waals surface area (Å²) in [4.78, 5) is 55.1. The lowest BCUT2D eigenvalue weighted by molar-refractivity contribution is -0.169. The second-order valence-corrected chi connectivity index (χ2v) is 20.0. The van der Waals surface area contributed by atoms with Crippen molar-refractivity contribution >= 4 is 45.5 Å². The average Bonchev–Trinajstić information content (AvgIpc) is 4.11.